The molecule has 0 saturated carbocycles. The standard InChI is InChI=1S/C13H20IN5O/c1-3-17(4-2)8-6-15-13(20)11-9-18-10-19(14)7-5-12(18)16-11/h5,7,9H,3-4,6,8,10H2,1-2H3,(H,15,20)/p+1. The van der Waals surface area contributed by atoms with Gasteiger partial charge in [0.1, 0.15) is 6.20 Å². The van der Waals surface area contributed by atoms with Gasteiger partial charge in [-0.15, -0.1) is 0 Å². The number of carbonyl (C=O) groups excluding carboxylic acids is 1. The van der Waals surface area contributed by atoms with Gasteiger partial charge in [-0.05, 0) is 13.1 Å². The van der Waals surface area contributed by atoms with Crippen LogP contribution in [-0.2, 0) is 4.79 Å². The Morgan fingerprint density at radius 2 is 2.30 bits per heavy atom. The number of carbonyl (C=O) groups is 1. The van der Waals surface area contributed by atoms with Crippen molar-refractivity contribution >= 4 is 34.6 Å². The monoisotopic (exact) mass is 390 g/mol. The lowest BCUT2D eigenvalue weighted by molar-refractivity contribution is -0.753. The van der Waals surface area contributed by atoms with E-state index in [2.05, 4.69) is 51.9 Å². The van der Waals surface area contributed by atoms with Crippen LogP contribution in [0.4, 0.5) is 0 Å². The summed E-state index contributed by atoms with van der Waals surface area (Å²) in [6.45, 7) is 8.59. The number of quaternary nitrogens is 1. The van der Waals surface area contributed by atoms with Gasteiger partial charge in [0, 0.05) is 25.4 Å². The van der Waals surface area contributed by atoms with Crippen LogP contribution in [0, 0.1) is 0 Å². The molecule has 7 heteroatoms. The molecule has 6 nitrogen and oxygen atoms in total. The summed E-state index contributed by atoms with van der Waals surface area (Å²) in [6.07, 6.45) is 5.80. The molecule has 0 saturated heterocycles. The van der Waals surface area contributed by atoms with Crippen molar-refractivity contribution in [2.24, 2.45) is 4.99 Å². The second-order valence-corrected chi connectivity index (χ2v) is 5.95. The summed E-state index contributed by atoms with van der Waals surface area (Å²) < 4.78 is 2.05. The number of nitrogens with zero attached hydrogens (tertiary/aromatic N) is 3. The van der Waals surface area contributed by atoms with Crippen molar-refractivity contribution in [1.29, 1.82) is 0 Å². The summed E-state index contributed by atoms with van der Waals surface area (Å²) in [7, 11) is 0. The van der Waals surface area contributed by atoms with Gasteiger partial charge in [-0.3, -0.25) is 7.91 Å². The highest BCUT2D eigenvalue weighted by molar-refractivity contribution is 14.1. The fourth-order valence-corrected chi connectivity index (χ4v) is 2.71. The molecule has 2 heterocycles. The van der Waals surface area contributed by atoms with E-state index in [0.29, 0.717) is 12.2 Å². The molecule has 2 N–H and O–H groups in total. The van der Waals surface area contributed by atoms with Crippen LogP contribution in [0.1, 0.15) is 13.8 Å². The van der Waals surface area contributed by atoms with Gasteiger partial charge >= 0.3 is 0 Å². The van der Waals surface area contributed by atoms with Gasteiger partial charge in [-0.25, -0.2) is 4.90 Å². The molecule has 0 bridgehead atoms. The van der Waals surface area contributed by atoms with E-state index in [0.717, 1.165) is 37.0 Å². The average molecular weight is 390 g/mol. The van der Waals surface area contributed by atoms with E-state index in [1.165, 1.54) is 0 Å². The smallest absolute Gasteiger partial charge is 0.275 e. The lowest BCUT2D eigenvalue weighted by atomic mass is 10.4. The Hall–Kier alpha value is -0.930. The number of hydrogen-bond donors (Lipinski definition) is 2. The van der Waals surface area contributed by atoms with Crippen molar-refractivity contribution in [2.45, 2.75) is 13.8 Å². The molecule has 2 rings (SSSR count). The maximum atomic E-state index is 12.1. The number of amidine groups is 1. The molecule has 0 aliphatic carbocycles. The van der Waals surface area contributed by atoms with Crippen LogP contribution >= 0.6 is 22.9 Å². The predicted octanol–water partition coefficient (Wildman–Crippen LogP) is -0.280. The zero-order valence-electron chi connectivity index (χ0n) is 11.9. The van der Waals surface area contributed by atoms with E-state index >= 15 is 0 Å². The van der Waals surface area contributed by atoms with Gasteiger partial charge in [0.25, 0.3) is 5.91 Å². The number of rotatable bonds is 6. The summed E-state index contributed by atoms with van der Waals surface area (Å²) in [4.78, 5) is 19.8. The van der Waals surface area contributed by atoms with Gasteiger partial charge in [0.2, 0.25) is 5.84 Å². The molecule has 20 heavy (non-hydrogen) atoms. The average Bonchev–Trinajstić information content (AvgIpc) is 2.86. The van der Waals surface area contributed by atoms with Crippen molar-refractivity contribution in [3.05, 3.63) is 24.2 Å². The Balaban J connectivity index is 1.84. The number of halogens is 1. The van der Waals surface area contributed by atoms with Gasteiger partial charge in [-0.1, -0.05) is 13.8 Å². The van der Waals surface area contributed by atoms with E-state index < -0.39 is 0 Å². The maximum absolute atomic E-state index is 12.1. The third kappa shape index (κ3) is 3.80. The largest absolute Gasteiger partial charge is 0.349 e. The summed E-state index contributed by atoms with van der Waals surface area (Å²) in [6, 6.07) is 0. The van der Waals surface area contributed by atoms with Crippen LogP contribution in [-0.4, -0.2) is 52.6 Å². The second-order valence-electron chi connectivity index (χ2n) is 4.71. The first-order valence-corrected chi connectivity index (χ1v) is 7.88. The van der Waals surface area contributed by atoms with Crippen molar-refractivity contribution in [1.82, 2.24) is 13.3 Å². The molecule has 0 aromatic heterocycles. The van der Waals surface area contributed by atoms with Gasteiger partial charge < -0.3 is 10.2 Å². The Bertz CT molecular complexity index is 456. The van der Waals surface area contributed by atoms with Crippen LogP contribution in [0.25, 0.3) is 0 Å². The van der Waals surface area contributed by atoms with Crippen LogP contribution < -0.4 is 10.2 Å². The van der Waals surface area contributed by atoms with Crippen molar-refractivity contribution in [3.8, 4) is 0 Å². The minimum Gasteiger partial charge on any atom is -0.349 e. The molecule has 0 fully saturated rings. The number of nitrogens with one attached hydrogen (secondary N) is 2. The van der Waals surface area contributed by atoms with E-state index in [1.54, 1.807) is 0 Å². The lowest BCUT2D eigenvalue weighted by Gasteiger charge is -2.19. The lowest BCUT2D eigenvalue weighted by Crippen LogP contribution is -3.11. The van der Waals surface area contributed by atoms with Crippen LogP contribution in [0.2, 0.25) is 0 Å². The van der Waals surface area contributed by atoms with E-state index in [4.69, 9.17) is 0 Å². The first-order chi connectivity index (χ1) is 9.63. The normalized spacial score (nSPS) is 20.8. The molecule has 0 aromatic rings. The van der Waals surface area contributed by atoms with E-state index in [-0.39, 0.29) is 5.91 Å². The molecule has 0 aromatic carbocycles. The summed E-state index contributed by atoms with van der Waals surface area (Å²) in [5.74, 6) is 0.826. The summed E-state index contributed by atoms with van der Waals surface area (Å²) in [5.41, 5.74) is 0.519. The third-order valence-corrected chi connectivity index (χ3v) is 4.10. The number of fused-ring (bicyclic) bond motifs is 1. The van der Waals surface area contributed by atoms with E-state index in [1.807, 2.05) is 21.6 Å². The van der Waals surface area contributed by atoms with Crippen LogP contribution in [0.15, 0.2) is 29.2 Å². The molecule has 110 valence electrons. The summed E-state index contributed by atoms with van der Waals surface area (Å²) >= 11 is 2.23. The second kappa shape index (κ2) is 7.19. The quantitative estimate of drug-likeness (QED) is 0.485. The molecule has 0 radical (unpaired) electrons. The minimum atomic E-state index is -0.0834. The number of aliphatic imine (C=N–C) groups is 1. The maximum Gasteiger partial charge on any atom is 0.275 e. The Labute approximate surface area is 133 Å². The first-order valence-electron chi connectivity index (χ1n) is 6.91. The third-order valence-electron chi connectivity index (χ3n) is 3.44. The SMILES string of the molecule is CCN(CC)CCNC(=O)C1=C[NH+]2CN(I)C=CC2=N1. The highest BCUT2D eigenvalue weighted by Crippen LogP contribution is 2.06. The Morgan fingerprint density at radius 1 is 1.55 bits per heavy atom. The van der Waals surface area contributed by atoms with Crippen molar-refractivity contribution in [3.63, 3.8) is 0 Å². The fraction of sp³-hybridized carbons (Fsp3) is 0.538. The predicted molar refractivity (Wildman–Crippen MR) is 87.1 cm³/mol. The highest BCUT2D eigenvalue weighted by atomic mass is 127. The molecular formula is C13H21IN5O+. The Kier molecular flexibility index (Phi) is 5.55. The zero-order chi connectivity index (χ0) is 14.5. The van der Waals surface area contributed by atoms with Gasteiger partial charge in [0.05, 0.1) is 22.9 Å². The first kappa shape index (κ1) is 15.5. The van der Waals surface area contributed by atoms with Crippen molar-refractivity contribution in [2.75, 3.05) is 32.8 Å². The Morgan fingerprint density at radius 3 is 3.00 bits per heavy atom. The van der Waals surface area contributed by atoms with E-state index in [9.17, 15) is 4.79 Å². The van der Waals surface area contributed by atoms with Gasteiger partial charge in [0.15, 0.2) is 12.4 Å². The number of likely N-dealkylation sites (N-methyl/N-ethyl adjacent to an activating group) is 1. The molecule has 1 amide bonds. The number of amides is 1. The molecule has 1 atom stereocenters. The van der Waals surface area contributed by atoms with Crippen LogP contribution in [0.5, 0.6) is 0 Å². The van der Waals surface area contributed by atoms with Crippen LogP contribution in [0.3, 0.4) is 0 Å². The number of hydrogen-bond acceptors (Lipinski definition) is 4. The topological polar surface area (TPSA) is 52.4 Å². The molecule has 0 spiro atoms. The fourth-order valence-electron chi connectivity index (χ4n) is 2.18. The molecule has 2 aliphatic heterocycles. The molecule has 2 aliphatic rings. The van der Waals surface area contributed by atoms with Gasteiger partial charge in [-0.2, -0.15) is 4.99 Å². The zero-order valence-corrected chi connectivity index (χ0v) is 14.1. The highest BCUT2D eigenvalue weighted by Gasteiger charge is 2.28. The molecular weight excluding hydrogens is 369 g/mol. The van der Waals surface area contributed by atoms with Crippen molar-refractivity contribution < 1.29 is 9.69 Å². The summed E-state index contributed by atoms with van der Waals surface area (Å²) in [5, 5.41) is 2.94. The molecule has 1 unspecified atom stereocenters. The minimum absolute atomic E-state index is 0.0834.